The molecule has 1 amide bonds. The molecule has 0 saturated carbocycles. The molecule has 0 radical (unpaired) electrons. The van der Waals surface area contributed by atoms with E-state index in [2.05, 4.69) is 4.74 Å². The Bertz CT molecular complexity index is 462. The van der Waals surface area contributed by atoms with E-state index in [0.29, 0.717) is 18.9 Å². The van der Waals surface area contributed by atoms with Gasteiger partial charge in [0.15, 0.2) is 12.6 Å². The Labute approximate surface area is 117 Å². The average Bonchev–Trinajstić information content (AvgIpc) is 2.52. The van der Waals surface area contributed by atoms with Crippen LogP contribution in [0.5, 0.6) is 5.75 Å². The van der Waals surface area contributed by atoms with Gasteiger partial charge in [0.2, 0.25) is 0 Å². The highest BCUT2D eigenvalue weighted by molar-refractivity contribution is 5.85. The summed E-state index contributed by atoms with van der Waals surface area (Å²) in [5, 5.41) is 0. The summed E-state index contributed by atoms with van der Waals surface area (Å²) in [6.07, 6.45) is 0. The zero-order valence-electron chi connectivity index (χ0n) is 11.3. The van der Waals surface area contributed by atoms with Crippen molar-refractivity contribution < 1.29 is 23.8 Å². The zero-order valence-corrected chi connectivity index (χ0v) is 11.3. The Balaban J connectivity index is 1.94. The van der Waals surface area contributed by atoms with Crippen LogP contribution in [0.1, 0.15) is 0 Å². The molecule has 0 N–H and O–H groups in total. The summed E-state index contributed by atoms with van der Waals surface area (Å²) in [6.45, 7) is 0.808. The Kier molecular flexibility index (Phi) is 4.95. The smallest absolute Gasteiger partial charge is 0.331 e. The van der Waals surface area contributed by atoms with Gasteiger partial charge >= 0.3 is 5.97 Å². The summed E-state index contributed by atoms with van der Waals surface area (Å²) < 4.78 is 15.3. The monoisotopic (exact) mass is 279 g/mol. The Hall–Kier alpha value is -2.08. The van der Waals surface area contributed by atoms with Gasteiger partial charge in [0.1, 0.15) is 5.75 Å². The highest BCUT2D eigenvalue weighted by Crippen LogP contribution is 2.12. The van der Waals surface area contributed by atoms with Gasteiger partial charge < -0.3 is 19.1 Å². The van der Waals surface area contributed by atoms with Crippen molar-refractivity contribution in [1.29, 1.82) is 0 Å². The number of amides is 1. The molecule has 108 valence electrons. The number of nitrogens with zero attached hydrogens (tertiary/aromatic N) is 1. The van der Waals surface area contributed by atoms with Crippen LogP contribution in [0.2, 0.25) is 0 Å². The largest absolute Gasteiger partial charge is 0.484 e. The molecule has 6 heteroatoms. The highest BCUT2D eigenvalue weighted by atomic mass is 16.5. The fourth-order valence-electron chi connectivity index (χ4n) is 1.98. The van der Waals surface area contributed by atoms with Crippen LogP contribution in [0.25, 0.3) is 0 Å². The van der Waals surface area contributed by atoms with Crippen molar-refractivity contribution in [3.8, 4) is 5.75 Å². The lowest BCUT2D eigenvalue weighted by molar-refractivity contribution is -0.161. The molecule has 1 atom stereocenters. The second-order valence-electron chi connectivity index (χ2n) is 4.30. The molecule has 20 heavy (non-hydrogen) atoms. The van der Waals surface area contributed by atoms with Crippen molar-refractivity contribution in [2.75, 3.05) is 33.5 Å². The van der Waals surface area contributed by atoms with E-state index in [1.165, 1.54) is 12.0 Å². The molecular formula is C14H17NO5. The molecule has 0 aromatic heterocycles. The second kappa shape index (κ2) is 6.91. The number of esters is 1. The van der Waals surface area contributed by atoms with E-state index in [-0.39, 0.29) is 19.1 Å². The number of para-hydroxylation sites is 1. The Morgan fingerprint density at radius 2 is 2.10 bits per heavy atom. The molecule has 1 fully saturated rings. The molecule has 1 heterocycles. The van der Waals surface area contributed by atoms with Crippen LogP contribution >= 0.6 is 0 Å². The molecule has 1 aromatic rings. The third-order valence-electron chi connectivity index (χ3n) is 3.03. The maximum atomic E-state index is 12.1. The van der Waals surface area contributed by atoms with Crippen LogP contribution in [-0.4, -0.2) is 56.3 Å². The number of hydrogen-bond donors (Lipinski definition) is 0. The molecule has 1 aliphatic rings. The van der Waals surface area contributed by atoms with Gasteiger partial charge in [-0.05, 0) is 12.1 Å². The quantitative estimate of drug-likeness (QED) is 0.749. The maximum absolute atomic E-state index is 12.1. The summed E-state index contributed by atoms with van der Waals surface area (Å²) in [7, 11) is 1.29. The molecule has 1 saturated heterocycles. The van der Waals surface area contributed by atoms with E-state index >= 15 is 0 Å². The lowest BCUT2D eigenvalue weighted by Crippen LogP contribution is -2.54. The average molecular weight is 279 g/mol. The van der Waals surface area contributed by atoms with Gasteiger partial charge in [0, 0.05) is 6.54 Å². The summed E-state index contributed by atoms with van der Waals surface area (Å²) >= 11 is 0. The van der Waals surface area contributed by atoms with Gasteiger partial charge in [-0.2, -0.15) is 0 Å². The first-order chi connectivity index (χ1) is 9.72. The number of rotatable bonds is 4. The van der Waals surface area contributed by atoms with Gasteiger partial charge in [-0.25, -0.2) is 4.79 Å². The molecule has 0 spiro atoms. The van der Waals surface area contributed by atoms with Crippen LogP contribution in [0.15, 0.2) is 30.3 Å². The second-order valence-corrected chi connectivity index (χ2v) is 4.30. The minimum Gasteiger partial charge on any atom is -0.484 e. The predicted octanol–water partition coefficient (Wildman–Crippen LogP) is 0.466. The molecule has 1 unspecified atom stereocenters. The Morgan fingerprint density at radius 1 is 1.35 bits per heavy atom. The lowest BCUT2D eigenvalue weighted by atomic mass is 10.2. The van der Waals surface area contributed by atoms with Crippen LogP contribution in [0.4, 0.5) is 0 Å². The van der Waals surface area contributed by atoms with E-state index in [9.17, 15) is 9.59 Å². The van der Waals surface area contributed by atoms with Crippen molar-refractivity contribution in [3.63, 3.8) is 0 Å². The SMILES string of the molecule is COC(=O)C1COCCN1C(=O)COc1ccccc1. The summed E-state index contributed by atoms with van der Waals surface area (Å²) in [5.74, 6) is -0.117. The number of ether oxygens (including phenoxy) is 3. The van der Waals surface area contributed by atoms with Crippen molar-refractivity contribution in [2.24, 2.45) is 0 Å². The third-order valence-corrected chi connectivity index (χ3v) is 3.03. The molecule has 1 aromatic carbocycles. The first kappa shape index (κ1) is 14.3. The van der Waals surface area contributed by atoms with Crippen molar-refractivity contribution in [2.45, 2.75) is 6.04 Å². The normalized spacial score (nSPS) is 18.4. The van der Waals surface area contributed by atoms with Crippen molar-refractivity contribution >= 4 is 11.9 Å². The lowest BCUT2D eigenvalue weighted by Gasteiger charge is -2.33. The molecule has 0 bridgehead atoms. The standard InChI is InChI=1S/C14H17NO5/c1-18-14(17)12-9-19-8-7-15(12)13(16)10-20-11-5-3-2-4-6-11/h2-6,12H,7-10H2,1H3. The number of methoxy groups -OCH3 is 1. The zero-order chi connectivity index (χ0) is 14.4. The van der Waals surface area contributed by atoms with Crippen LogP contribution in [0.3, 0.4) is 0 Å². The Morgan fingerprint density at radius 3 is 2.80 bits per heavy atom. The topological polar surface area (TPSA) is 65.1 Å². The first-order valence-corrected chi connectivity index (χ1v) is 6.35. The fourth-order valence-corrected chi connectivity index (χ4v) is 1.98. The molecule has 0 aliphatic carbocycles. The van der Waals surface area contributed by atoms with Gasteiger partial charge in [-0.15, -0.1) is 0 Å². The van der Waals surface area contributed by atoms with E-state index in [1.54, 1.807) is 12.1 Å². The van der Waals surface area contributed by atoms with Crippen LogP contribution in [0, 0.1) is 0 Å². The van der Waals surface area contributed by atoms with Gasteiger partial charge in [0.25, 0.3) is 5.91 Å². The van der Waals surface area contributed by atoms with E-state index in [1.807, 2.05) is 18.2 Å². The summed E-state index contributed by atoms with van der Waals surface area (Å²) in [4.78, 5) is 25.2. The summed E-state index contributed by atoms with van der Waals surface area (Å²) in [6, 6.07) is 8.36. The van der Waals surface area contributed by atoms with Crippen LogP contribution in [-0.2, 0) is 19.1 Å². The first-order valence-electron chi connectivity index (χ1n) is 6.35. The molecule has 2 rings (SSSR count). The molecule has 6 nitrogen and oxygen atoms in total. The van der Waals surface area contributed by atoms with Gasteiger partial charge in [0.05, 0.1) is 20.3 Å². The maximum Gasteiger partial charge on any atom is 0.331 e. The number of morpholine rings is 1. The van der Waals surface area contributed by atoms with Crippen LogP contribution < -0.4 is 4.74 Å². The van der Waals surface area contributed by atoms with Crippen molar-refractivity contribution in [1.82, 2.24) is 4.90 Å². The fraction of sp³-hybridized carbons (Fsp3) is 0.429. The van der Waals surface area contributed by atoms with Gasteiger partial charge in [-0.3, -0.25) is 4.79 Å². The van der Waals surface area contributed by atoms with E-state index < -0.39 is 12.0 Å². The highest BCUT2D eigenvalue weighted by Gasteiger charge is 2.33. The van der Waals surface area contributed by atoms with Crippen molar-refractivity contribution in [3.05, 3.63) is 30.3 Å². The number of benzene rings is 1. The van der Waals surface area contributed by atoms with E-state index in [4.69, 9.17) is 9.47 Å². The predicted molar refractivity (Wildman–Crippen MR) is 70.3 cm³/mol. The number of carbonyl (C=O) groups excluding carboxylic acids is 2. The summed E-state index contributed by atoms with van der Waals surface area (Å²) in [5.41, 5.74) is 0. The minimum absolute atomic E-state index is 0.114. The molecule has 1 aliphatic heterocycles. The number of hydrogen-bond acceptors (Lipinski definition) is 5. The van der Waals surface area contributed by atoms with Gasteiger partial charge in [-0.1, -0.05) is 18.2 Å². The van der Waals surface area contributed by atoms with E-state index in [0.717, 1.165) is 0 Å². The minimum atomic E-state index is -0.694. The molecular weight excluding hydrogens is 262 g/mol. The third kappa shape index (κ3) is 3.48. The number of carbonyl (C=O) groups is 2.